The fourth-order valence-corrected chi connectivity index (χ4v) is 0.663. The molecule has 0 radical (unpaired) electrons. The summed E-state index contributed by atoms with van der Waals surface area (Å²) < 4.78 is 0. The van der Waals surface area contributed by atoms with E-state index in [0.29, 0.717) is 0 Å². The van der Waals surface area contributed by atoms with E-state index in [9.17, 15) is 0 Å². The number of aliphatic hydroxyl groups excluding tert-OH is 1. The smallest absolute Gasteiger partial charge is 0.0615 e. The highest BCUT2D eigenvalue weighted by molar-refractivity contribution is 5.47. The number of pyridine rings is 1. The van der Waals surface area contributed by atoms with Crippen LogP contribution in [0.25, 0.3) is 6.08 Å². The van der Waals surface area contributed by atoms with Crippen LogP contribution >= 0.6 is 0 Å². The van der Waals surface area contributed by atoms with Gasteiger partial charge in [-0.15, -0.1) is 0 Å². The number of aromatic nitrogens is 1. The van der Waals surface area contributed by atoms with Gasteiger partial charge < -0.3 is 5.11 Å². The third-order valence-electron chi connectivity index (χ3n) is 1.10. The maximum Gasteiger partial charge on any atom is 0.0615 e. The molecular formula is C8H9NO. The summed E-state index contributed by atoms with van der Waals surface area (Å²) in [4.78, 5) is 3.90. The van der Waals surface area contributed by atoms with E-state index in [1.54, 1.807) is 18.5 Å². The number of rotatable bonds is 2. The maximum absolute atomic E-state index is 8.42. The normalized spacial score (nSPS) is 10.5. The van der Waals surface area contributed by atoms with E-state index in [4.69, 9.17) is 5.11 Å². The molecule has 0 unspecified atom stereocenters. The minimum Gasteiger partial charge on any atom is -0.392 e. The third kappa shape index (κ3) is 1.99. The second-order valence-corrected chi connectivity index (χ2v) is 1.87. The first-order valence-corrected chi connectivity index (χ1v) is 3.11. The first-order valence-electron chi connectivity index (χ1n) is 3.11. The summed E-state index contributed by atoms with van der Waals surface area (Å²) in [6.45, 7) is 0.0783. The van der Waals surface area contributed by atoms with E-state index in [0.717, 1.165) is 5.56 Å². The Kier molecular flexibility index (Phi) is 2.64. The van der Waals surface area contributed by atoms with Gasteiger partial charge in [0.1, 0.15) is 0 Å². The van der Waals surface area contributed by atoms with Gasteiger partial charge in [0.15, 0.2) is 0 Å². The van der Waals surface area contributed by atoms with Gasteiger partial charge in [0.05, 0.1) is 6.61 Å². The molecule has 1 rings (SSSR count). The van der Waals surface area contributed by atoms with E-state index in [2.05, 4.69) is 4.98 Å². The molecule has 0 amide bonds. The van der Waals surface area contributed by atoms with Gasteiger partial charge in [-0.05, 0) is 11.6 Å². The van der Waals surface area contributed by atoms with Crippen molar-refractivity contribution in [1.82, 2.24) is 4.98 Å². The van der Waals surface area contributed by atoms with Gasteiger partial charge in [0.25, 0.3) is 0 Å². The van der Waals surface area contributed by atoms with Crippen LogP contribution in [0, 0.1) is 0 Å². The minimum absolute atomic E-state index is 0.0783. The molecule has 0 atom stereocenters. The standard InChI is InChI=1S/C8H9NO/c10-6-2-4-8-3-1-5-9-7-8/h1-5,7,10H,6H2/b4-2+. The lowest BCUT2D eigenvalue weighted by molar-refractivity contribution is 0.343. The van der Waals surface area contributed by atoms with Gasteiger partial charge in [-0.1, -0.05) is 18.2 Å². The summed E-state index contributed by atoms with van der Waals surface area (Å²) in [6.07, 6.45) is 6.96. The summed E-state index contributed by atoms with van der Waals surface area (Å²) in [5.74, 6) is 0. The molecule has 0 saturated heterocycles. The lowest BCUT2D eigenvalue weighted by Crippen LogP contribution is -1.75. The SMILES string of the molecule is OC/C=C/c1cccnc1. The maximum atomic E-state index is 8.42. The molecule has 2 nitrogen and oxygen atoms in total. The van der Waals surface area contributed by atoms with Crippen LogP contribution in [0.5, 0.6) is 0 Å². The summed E-state index contributed by atoms with van der Waals surface area (Å²) in [6, 6.07) is 3.79. The quantitative estimate of drug-likeness (QED) is 0.658. The summed E-state index contributed by atoms with van der Waals surface area (Å²) in [5.41, 5.74) is 1.01. The highest BCUT2D eigenvalue weighted by Gasteiger charge is 1.80. The third-order valence-corrected chi connectivity index (χ3v) is 1.10. The molecule has 0 spiro atoms. The fourth-order valence-electron chi connectivity index (χ4n) is 0.663. The average Bonchev–Trinajstić information content (AvgIpc) is 2.03. The van der Waals surface area contributed by atoms with Gasteiger partial charge in [0, 0.05) is 12.4 Å². The van der Waals surface area contributed by atoms with Gasteiger partial charge in [0.2, 0.25) is 0 Å². The van der Waals surface area contributed by atoms with Crippen LogP contribution in [0.1, 0.15) is 5.56 Å². The van der Waals surface area contributed by atoms with Crippen LogP contribution in [0.2, 0.25) is 0 Å². The van der Waals surface area contributed by atoms with Gasteiger partial charge in [-0.3, -0.25) is 4.98 Å². The number of aliphatic hydroxyl groups is 1. The molecule has 0 saturated carbocycles. The molecule has 0 aliphatic heterocycles. The Morgan fingerprint density at radius 1 is 1.60 bits per heavy atom. The Morgan fingerprint density at radius 3 is 3.10 bits per heavy atom. The lowest BCUT2D eigenvalue weighted by Gasteiger charge is -1.87. The van der Waals surface area contributed by atoms with E-state index < -0.39 is 0 Å². The van der Waals surface area contributed by atoms with Crippen LogP contribution in [-0.2, 0) is 0 Å². The van der Waals surface area contributed by atoms with Crippen molar-refractivity contribution >= 4 is 6.08 Å². The van der Waals surface area contributed by atoms with Crippen molar-refractivity contribution in [2.24, 2.45) is 0 Å². The molecular weight excluding hydrogens is 126 g/mol. The van der Waals surface area contributed by atoms with Crippen molar-refractivity contribution in [3.8, 4) is 0 Å². The zero-order chi connectivity index (χ0) is 7.23. The van der Waals surface area contributed by atoms with Gasteiger partial charge >= 0.3 is 0 Å². The van der Waals surface area contributed by atoms with Crippen molar-refractivity contribution < 1.29 is 5.11 Å². The van der Waals surface area contributed by atoms with Gasteiger partial charge in [-0.25, -0.2) is 0 Å². The molecule has 0 aliphatic rings. The first kappa shape index (κ1) is 6.96. The zero-order valence-corrected chi connectivity index (χ0v) is 5.57. The first-order chi connectivity index (χ1) is 4.93. The minimum atomic E-state index is 0.0783. The van der Waals surface area contributed by atoms with E-state index >= 15 is 0 Å². The van der Waals surface area contributed by atoms with Gasteiger partial charge in [-0.2, -0.15) is 0 Å². The molecule has 0 aliphatic carbocycles. The number of hydrogen-bond acceptors (Lipinski definition) is 2. The number of hydrogen-bond donors (Lipinski definition) is 1. The molecule has 0 fully saturated rings. The van der Waals surface area contributed by atoms with E-state index in [1.807, 2.05) is 18.2 Å². The molecule has 1 aromatic heterocycles. The lowest BCUT2D eigenvalue weighted by atomic mass is 10.3. The second-order valence-electron chi connectivity index (χ2n) is 1.87. The van der Waals surface area contributed by atoms with E-state index in [-0.39, 0.29) is 6.61 Å². The molecule has 10 heavy (non-hydrogen) atoms. The predicted molar refractivity (Wildman–Crippen MR) is 40.4 cm³/mol. The fraction of sp³-hybridized carbons (Fsp3) is 0.125. The molecule has 0 bridgehead atoms. The Bertz CT molecular complexity index is 206. The average molecular weight is 135 g/mol. The molecule has 1 N–H and O–H groups in total. The molecule has 52 valence electrons. The van der Waals surface area contributed by atoms with Crippen molar-refractivity contribution in [1.29, 1.82) is 0 Å². The highest BCUT2D eigenvalue weighted by atomic mass is 16.2. The van der Waals surface area contributed by atoms with Crippen LogP contribution < -0.4 is 0 Å². The van der Waals surface area contributed by atoms with Crippen LogP contribution in [0.15, 0.2) is 30.6 Å². The monoisotopic (exact) mass is 135 g/mol. The topological polar surface area (TPSA) is 33.1 Å². The summed E-state index contributed by atoms with van der Waals surface area (Å²) >= 11 is 0. The molecule has 0 aromatic carbocycles. The predicted octanol–water partition coefficient (Wildman–Crippen LogP) is 1.09. The highest BCUT2D eigenvalue weighted by Crippen LogP contribution is 1.96. The molecule has 2 heteroatoms. The molecule has 1 heterocycles. The molecule has 1 aromatic rings. The van der Waals surface area contributed by atoms with Crippen LogP contribution in [0.3, 0.4) is 0 Å². The second kappa shape index (κ2) is 3.80. The van der Waals surface area contributed by atoms with E-state index in [1.165, 1.54) is 0 Å². The zero-order valence-electron chi connectivity index (χ0n) is 5.57. The van der Waals surface area contributed by atoms with Crippen molar-refractivity contribution in [3.63, 3.8) is 0 Å². The largest absolute Gasteiger partial charge is 0.392 e. The number of nitrogens with zero attached hydrogens (tertiary/aromatic N) is 1. The van der Waals surface area contributed by atoms with Crippen LogP contribution in [0.4, 0.5) is 0 Å². The van der Waals surface area contributed by atoms with Crippen molar-refractivity contribution in [2.75, 3.05) is 6.61 Å². The van der Waals surface area contributed by atoms with Crippen LogP contribution in [-0.4, -0.2) is 16.7 Å². The Balaban J connectivity index is 2.67. The van der Waals surface area contributed by atoms with Crippen molar-refractivity contribution in [3.05, 3.63) is 36.2 Å². The Hall–Kier alpha value is -1.15. The summed E-state index contributed by atoms with van der Waals surface area (Å²) in [5, 5.41) is 8.42. The summed E-state index contributed by atoms with van der Waals surface area (Å²) in [7, 11) is 0. The Morgan fingerprint density at radius 2 is 2.50 bits per heavy atom. The Labute approximate surface area is 59.9 Å². The van der Waals surface area contributed by atoms with Crippen molar-refractivity contribution in [2.45, 2.75) is 0 Å².